The summed E-state index contributed by atoms with van der Waals surface area (Å²) < 4.78 is 48.1. The van der Waals surface area contributed by atoms with E-state index in [1.807, 2.05) is 0 Å². The lowest BCUT2D eigenvalue weighted by Gasteiger charge is -2.37. The topological polar surface area (TPSA) is 64.4 Å². The van der Waals surface area contributed by atoms with Gasteiger partial charge < -0.3 is 4.74 Å². The molecule has 1 saturated carbocycles. The number of nitrogens with zero attached hydrogens (tertiary/aromatic N) is 3. The first-order valence-corrected chi connectivity index (χ1v) is 10.9. The first-order valence-electron chi connectivity index (χ1n) is 10.5. The van der Waals surface area contributed by atoms with Crippen LogP contribution in [-0.2, 0) is 11.3 Å². The summed E-state index contributed by atoms with van der Waals surface area (Å²) in [5, 5.41) is 4.23. The fourth-order valence-corrected chi connectivity index (χ4v) is 4.38. The number of halogens is 4. The Morgan fingerprint density at radius 1 is 1.22 bits per heavy atom. The van der Waals surface area contributed by atoms with Crippen LogP contribution >= 0.6 is 11.6 Å². The van der Waals surface area contributed by atoms with Gasteiger partial charge in [0.15, 0.2) is 0 Å². The molecule has 3 rings (SSSR count). The van der Waals surface area contributed by atoms with Crippen LogP contribution in [0.25, 0.3) is 0 Å². The SMILES string of the molecule is CCOC(=O)c1c(C)cnn1CC1CCC(N(C(=O)c2ccccc2Cl)C(F)(F)F)CC1. The van der Waals surface area contributed by atoms with Crippen LogP contribution in [0.15, 0.2) is 30.5 Å². The second kappa shape index (κ2) is 9.94. The van der Waals surface area contributed by atoms with E-state index in [1.165, 1.54) is 18.2 Å². The number of amides is 1. The third-order valence-electron chi connectivity index (χ3n) is 5.70. The standard InChI is InChI=1S/C22H25ClF3N3O3/c1-3-32-21(31)19-14(2)12-27-28(19)13-15-8-10-16(11-9-15)29(22(24,25)26)20(30)17-6-4-5-7-18(17)23/h4-7,12,15-16H,3,8-11,13H2,1-2H3. The van der Waals surface area contributed by atoms with E-state index in [2.05, 4.69) is 5.10 Å². The van der Waals surface area contributed by atoms with Gasteiger partial charge in [-0.15, -0.1) is 13.2 Å². The summed E-state index contributed by atoms with van der Waals surface area (Å²) in [6.45, 7) is 4.11. The van der Waals surface area contributed by atoms with Crippen molar-refractivity contribution in [2.24, 2.45) is 5.92 Å². The van der Waals surface area contributed by atoms with Crippen molar-refractivity contribution in [3.05, 3.63) is 52.3 Å². The van der Waals surface area contributed by atoms with Crippen LogP contribution < -0.4 is 0 Å². The van der Waals surface area contributed by atoms with Gasteiger partial charge in [-0.2, -0.15) is 5.10 Å². The molecule has 1 aromatic carbocycles. The number of aryl methyl sites for hydroxylation is 1. The number of carbonyl (C=O) groups is 2. The fourth-order valence-electron chi connectivity index (χ4n) is 4.17. The second-order valence-corrected chi connectivity index (χ2v) is 8.28. The van der Waals surface area contributed by atoms with Crippen LogP contribution in [0.4, 0.5) is 13.2 Å². The van der Waals surface area contributed by atoms with Crippen molar-refractivity contribution in [2.75, 3.05) is 6.61 Å². The molecule has 1 heterocycles. The monoisotopic (exact) mass is 471 g/mol. The molecule has 0 radical (unpaired) electrons. The van der Waals surface area contributed by atoms with Crippen LogP contribution in [0.3, 0.4) is 0 Å². The first-order chi connectivity index (χ1) is 15.1. The molecule has 1 fully saturated rings. The maximum absolute atomic E-state index is 13.8. The quantitative estimate of drug-likeness (QED) is 0.427. The lowest BCUT2D eigenvalue weighted by atomic mass is 9.85. The molecular weight excluding hydrogens is 447 g/mol. The van der Waals surface area contributed by atoms with Crippen molar-refractivity contribution in [1.82, 2.24) is 14.7 Å². The Labute approximate surface area is 189 Å². The van der Waals surface area contributed by atoms with E-state index >= 15 is 0 Å². The highest BCUT2D eigenvalue weighted by Crippen LogP contribution is 2.36. The van der Waals surface area contributed by atoms with E-state index in [9.17, 15) is 22.8 Å². The molecule has 10 heteroatoms. The summed E-state index contributed by atoms with van der Waals surface area (Å²) in [6.07, 6.45) is -1.93. The molecule has 32 heavy (non-hydrogen) atoms. The fraction of sp³-hybridized carbons (Fsp3) is 0.500. The average Bonchev–Trinajstić information content (AvgIpc) is 3.09. The van der Waals surface area contributed by atoms with E-state index in [0.29, 0.717) is 30.6 Å². The number of carbonyl (C=O) groups excluding carboxylic acids is 2. The zero-order valence-corrected chi connectivity index (χ0v) is 18.6. The highest BCUT2D eigenvalue weighted by Gasteiger charge is 2.47. The molecule has 1 aliphatic rings. The van der Waals surface area contributed by atoms with Gasteiger partial charge in [0.2, 0.25) is 0 Å². The van der Waals surface area contributed by atoms with Gasteiger partial charge in [0.25, 0.3) is 5.91 Å². The Bertz CT molecular complexity index is 969. The van der Waals surface area contributed by atoms with Gasteiger partial charge in [-0.1, -0.05) is 23.7 Å². The van der Waals surface area contributed by atoms with E-state index in [0.717, 1.165) is 0 Å². The third-order valence-corrected chi connectivity index (χ3v) is 6.03. The maximum atomic E-state index is 13.8. The zero-order valence-electron chi connectivity index (χ0n) is 17.9. The number of benzene rings is 1. The van der Waals surface area contributed by atoms with Crippen molar-refractivity contribution in [1.29, 1.82) is 0 Å². The summed E-state index contributed by atoms with van der Waals surface area (Å²) in [5.74, 6) is -1.58. The highest BCUT2D eigenvalue weighted by molar-refractivity contribution is 6.33. The summed E-state index contributed by atoms with van der Waals surface area (Å²) >= 11 is 5.97. The minimum atomic E-state index is -4.82. The minimum Gasteiger partial charge on any atom is -0.461 e. The van der Waals surface area contributed by atoms with Gasteiger partial charge in [-0.05, 0) is 57.6 Å². The molecule has 174 valence electrons. The Hall–Kier alpha value is -2.55. The molecule has 0 N–H and O–H groups in total. The molecule has 6 nitrogen and oxygen atoms in total. The highest BCUT2D eigenvalue weighted by atomic mass is 35.5. The second-order valence-electron chi connectivity index (χ2n) is 7.88. The molecule has 0 aliphatic heterocycles. The summed E-state index contributed by atoms with van der Waals surface area (Å²) in [6, 6.07) is 4.76. The minimum absolute atomic E-state index is 0.00648. The third kappa shape index (κ3) is 5.26. The number of ether oxygens (including phenoxy) is 1. The van der Waals surface area contributed by atoms with Crippen LogP contribution in [0.2, 0.25) is 5.02 Å². The molecule has 1 aromatic heterocycles. The van der Waals surface area contributed by atoms with E-state index < -0.39 is 24.2 Å². The van der Waals surface area contributed by atoms with Gasteiger partial charge in [0.05, 0.1) is 23.4 Å². The summed E-state index contributed by atoms with van der Waals surface area (Å²) in [7, 11) is 0. The van der Waals surface area contributed by atoms with Crippen molar-refractivity contribution in [2.45, 2.75) is 58.4 Å². The van der Waals surface area contributed by atoms with Gasteiger partial charge in [-0.3, -0.25) is 9.48 Å². The molecule has 1 aliphatic carbocycles. The lowest BCUT2D eigenvalue weighted by molar-refractivity contribution is -0.239. The molecule has 0 unspecified atom stereocenters. The Kier molecular flexibility index (Phi) is 7.48. The van der Waals surface area contributed by atoms with Crippen LogP contribution in [0.1, 0.15) is 59.0 Å². The van der Waals surface area contributed by atoms with Crippen molar-refractivity contribution < 1.29 is 27.5 Å². The molecule has 0 saturated heterocycles. The van der Waals surface area contributed by atoms with Crippen molar-refractivity contribution in [3.8, 4) is 0 Å². The number of aromatic nitrogens is 2. The molecule has 0 spiro atoms. The largest absolute Gasteiger partial charge is 0.487 e. The Morgan fingerprint density at radius 3 is 2.47 bits per heavy atom. The number of esters is 1. The predicted molar refractivity (Wildman–Crippen MR) is 112 cm³/mol. The normalized spacial score (nSPS) is 18.9. The van der Waals surface area contributed by atoms with Crippen molar-refractivity contribution in [3.63, 3.8) is 0 Å². The number of hydrogen-bond donors (Lipinski definition) is 0. The van der Waals surface area contributed by atoms with Gasteiger partial charge >= 0.3 is 12.3 Å². The van der Waals surface area contributed by atoms with E-state index in [1.54, 1.807) is 30.8 Å². The molecule has 1 amide bonds. The Morgan fingerprint density at radius 2 is 1.88 bits per heavy atom. The summed E-state index contributed by atoms with van der Waals surface area (Å²) in [4.78, 5) is 24.9. The van der Waals surface area contributed by atoms with Crippen molar-refractivity contribution >= 4 is 23.5 Å². The van der Waals surface area contributed by atoms with Crippen LogP contribution in [0.5, 0.6) is 0 Å². The molecule has 2 aromatic rings. The van der Waals surface area contributed by atoms with Crippen LogP contribution in [-0.4, -0.2) is 45.5 Å². The summed E-state index contributed by atoms with van der Waals surface area (Å²) in [5.41, 5.74) is 0.880. The lowest BCUT2D eigenvalue weighted by Crippen LogP contribution is -2.51. The molecule has 0 atom stereocenters. The molecule has 0 bridgehead atoms. The Balaban J connectivity index is 1.71. The van der Waals surface area contributed by atoms with Gasteiger partial charge in [0.1, 0.15) is 5.69 Å². The molecular formula is C22H25ClF3N3O3. The number of rotatable bonds is 6. The van der Waals surface area contributed by atoms with Gasteiger partial charge in [0, 0.05) is 18.2 Å². The number of alkyl halides is 3. The average molecular weight is 472 g/mol. The zero-order chi connectivity index (χ0) is 23.5. The number of hydrogen-bond acceptors (Lipinski definition) is 4. The van der Waals surface area contributed by atoms with Crippen LogP contribution in [0, 0.1) is 12.8 Å². The van der Waals surface area contributed by atoms with E-state index in [4.69, 9.17) is 16.3 Å². The van der Waals surface area contributed by atoms with E-state index in [-0.39, 0.29) is 40.9 Å². The van der Waals surface area contributed by atoms with Gasteiger partial charge in [-0.25, -0.2) is 9.69 Å². The maximum Gasteiger partial charge on any atom is 0.487 e. The first kappa shape index (κ1) is 24.1. The smallest absolute Gasteiger partial charge is 0.461 e. The predicted octanol–water partition coefficient (Wildman–Crippen LogP) is 5.24.